The number of nitrogen functional groups attached to an aromatic ring is 1. The molecule has 0 aliphatic rings. The fourth-order valence-electron chi connectivity index (χ4n) is 2.15. The van der Waals surface area contributed by atoms with Crippen molar-refractivity contribution in [2.24, 2.45) is 0 Å². The Balaban J connectivity index is 0.000000338. The third-order valence-corrected chi connectivity index (χ3v) is 2.85. The summed E-state index contributed by atoms with van der Waals surface area (Å²) in [6, 6.07) is 11.9. The van der Waals surface area contributed by atoms with E-state index >= 15 is 0 Å². The number of nitrogens with two attached hydrogens (primary N) is 1. The molecule has 23 heavy (non-hydrogen) atoms. The number of aryl methyl sites for hydroxylation is 2. The van der Waals surface area contributed by atoms with Gasteiger partial charge >= 0.3 is 11.7 Å². The highest BCUT2D eigenvalue weighted by Gasteiger charge is 2.20. The lowest BCUT2D eigenvalue weighted by Crippen LogP contribution is -2.68. The average molecular weight is 340 g/mol. The Morgan fingerprint density at radius 2 is 1.61 bits per heavy atom. The summed E-state index contributed by atoms with van der Waals surface area (Å²) in [6.07, 6.45) is 0. The molecule has 2 heterocycles. The van der Waals surface area contributed by atoms with Crippen molar-refractivity contribution in [2.75, 3.05) is 5.73 Å². The minimum atomic E-state index is -4.94. The van der Waals surface area contributed by atoms with Crippen molar-refractivity contribution in [3.63, 3.8) is 0 Å². The lowest BCUT2D eigenvalue weighted by Gasteiger charge is -2.17. The predicted octanol–water partition coefficient (Wildman–Crippen LogP) is -3.55. The molecule has 0 atom stereocenters. The van der Waals surface area contributed by atoms with Crippen LogP contribution in [0.25, 0.3) is 11.5 Å². The highest BCUT2D eigenvalue weighted by Crippen LogP contribution is 2.08. The molecule has 0 spiro atoms. The van der Waals surface area contributed by atoms with Crippen LogP contribution in [0.5, 0.6) is 0 Å². The molecule has 2 aromatic heterocycles. The van der Waals surface area contributed by atoms with Crippen molar-refractivity contribution in [3.8, 4) is 5.69 Å². The first-order valence-corrected chi connectivity index (χ1v) is 7.62. The molecular formula is C13H14ClN5O4. The van der Waals surface area contributed by atoms with Crippen molar-refractivity contribution in [1.29, 1.82) is 0 Å². The quantitative estimate of drug-likeness (QED) is 0.450. The van der Waals surface area contributed by atoms with Gasteiger partial charge in [0.2, 0.25) is 0 Å². The Hall–Kier alpha value is -2.30. The monoisotopic (exact) mass is 339 g/mol. The van der Waals surface area contributed by atoms with E-state index in [-0.39, 0.29) is 0 Å². The summed E-state index contributed by atoms with van der Waals surface area (Å²) < 4.78 is 37.7. The van der Waals surface area contributed by atoms with E-state index in [9.17, 15) is 0 Å². The Morgan fingerprint density at radius 3 is 2.17 bits per heavy atom. The molecule has 0 saturated carbocycles. The van der Waals surface area contributed by atoms with E-state index in [1.54, 1.807) is 0 Å². The van der Waals surface area contributed by atoms with E-state index in [1.807, 2.05) is 59.4 Å². The third kappa shape index (κ3) is 4.34. The Bertz CT molecular complexity index is 811. The Morgan fingerprint density at radius 1 is 1.04 bits per heavy atom. The molecule has 0 fully saturated rings. The summed E-state index contributed by atoms with van der Waals surface area (Å²) in [4.78, 5) is 8.70. The third-order valence-electron chi connectivity index (χ3n) is 2.85. The molecule has 3 aromatic rings. The number of nitrogens with zero attached hydrogens (tertiary/aromatic N) is 4. The Kier molecular flexibility index (Phi) is 4.78. The van der Waals surface area contributed by atoms with Crippen LogP contribution in [0.2, 0.25) is 0 Å². The lowest BCUT2D eigenvalue weighted by atomic mass is 10.3. The van der Waals surface area contributed by atoms with Crippen LogP contribution in [-0.2, 0) is 0 Å². The van der Waals surface area contributed by atoms with E-state index in [0.717, 1.165) is 17.1 Å². The van der Waals surface area contributed by atoms with Crippen molar-refractivity contribution in [1.82, 2.24) is 14.5 Å². The van der Waals surface area contributed by atoms with Crippen LogP contribution in [0.15, 0.2) is 36.4 Å². The zero-order valence-corrected chi connectivity index (χ0v) is 13.1. The highest BCUT2D eigenvalue weighted by atomic mass is 35.7. The molecule has 1 aromatic carbocycles. The number of hydrogen-bond acceptors (Lipinski definition) is 7. The van der Waals surface area contributed by atoms with Gasteiger partial charge in [-0.3, -0.25) is 5.73 Å². The Labute approximate surface area is 133 Å². The van der Waals surface area contributed by atoms with Gasteiger partial charge < -0.3 is 0 Å². The van der Waals surface area contributed by atoms with E-state index in [2.05, 4.69) is 9.97 Å². The van der Waals surface area contributed by atoms with Crippen molar-refractivity contribution in [3.05, 3.63) is 47.8 Å². The first kappa shape index (κ1) is 17.1. The molecule has 2 N–H and O–H groups in total. The second-order valence-electron chi connectivity index (χ2n) is 4.65. The predicted molar refractivity (Wildman–Crippen MR) is 68.4 cm³/mol. The van der Waals surface area contributed by atoms with Crippen LogP contribution in [0.3, 0.4) is 0 Å². The van der Waals surface area contributed by atoms with Gasteiger partial charge in [0.05, 0.1) is 5.69 Å². The number of anilines is 1. The maximum absolute atomic E-state index is 8.49. The number of fused-ring (bicyclic) bond motifs is 1. The second kappa shape index (κ2) is 6.44. The molecule has 10 heteroatoms. The number of rotatable bonds is 1. The SMILES string of the molecule is Cc1cc(C)n2c(n1)nc(N)[n+]2-c1ccccc1.[O-][Cl+3]([O-])([O-])[O-]. The maximum Gasteiger partial charge on any atom is 0.416 e. The van der Waals surface area contributed by atoms with Crippen LogP contribution in [-0.4, -0.2) is 14.5 Å². The molecule has 0 amide bonds. The van der Waals surface area contributed by atoms with Gasteiger partial charge in [0.25, 0.3) is 0 Å². The standard InChI is InChI=1S/C13H13N5.ClHO4/c1-9-8-10(2)17-13(15-9)16-12(14)18(17)11-6-4-3-5-7-11;2-1(3,4)5/h3-8,14H,1-2H3;(H,2,3,4,5). The van der Waals surface area contributed by atoms with Crippen LogP contribution in [0.4, 0.5) is 5.95 Å². The van der Waals surface area contributed by atoms with E-state index in [1.165, 1.54) is 0 Å². The molecule has 122 valence electrons. The van der Waals surface area contributed by atoms with Gasteiger partial charge in [0, 0.05) is 5.69 Å². The minimum absolute atomic E-state index is 0.433. The normalized spacial score (nSPS) is 11.2. The van der Waals surface area contributed by atoms with E-state index in [0.29, 0.717) is 11.7 Å². The van der Waals surface area contributed by atoms with Gasteiger partial charge in [-0.2, -0.15) is 9.50 Å². The number of aromatic nitrogens is 4. The van der Waals surface area contributed by atoms with Crippen LogP contribution >= 0.6 is 0 Å². The van der Waals surface area contributed by atoms with E-state index < -0.39 is 10.2 Å². The van der Waals surface area contributed by atoms with Gasteiger partial charge in [-0.1, -0.05) is 18.2 Å². The number of para-hydroxylation sites is 1. The summed E-state index contributed by atoms with van der Waals surface area (Å²) in [5.41, 5.74) is 8.95. The van der Waals surface area contributed by atoms with Crippen molar-refractivity contribution >= 4 is 11.7 Å². The number of benzene rings is 1. The maximum atomic E-state index is 8.49. The molecule has 0 aliphatic carbocycles. The lowest BCUT2D eigenvalue weighted by molar-refractivity contribution is -2.00. The highest BCUT2D eigenvalue weighted by molar-refractivity contribution is 5.35. The molecule has 0 unspecified atom stereocenters. The van der Waals surface area contributed by atoms with Crippen LogP contribution < -0.4 is 29.1 Å². The topological polar surface area (TPSA) is 152 Å². The van der Waals surface area contributed by atoms with E-state index in [4.69, 9.17) is 24.4 Å². The molecule has 0 aliphatic heterocycles. The number of hydrogen-bond donors (Lipinski definition) is 1. The molecule has 3 rings (SSSR count). The van der Waals surface area contributed by atoms with Crippen molar-refractivity contribution in [2.45, 2.75) is 13.8 Å². The van der Waals surface area contributed by atoms with Crippen LogP contribution in [0, 0.1) is 24.1 Å². The molecular weight excluding hydrogens is 326 g/mol. The first-order chi connectivity index (χ1) is 10.7. The smallest absolute Gasteiger partial charge is 0.285 e. The van der Waals surface area contributed by atoms with Gasteiger partial charge in [0.1, 0.15) is 5.69 Å². The molecule has 0 radical (unpaired) electrons. The molecule has 0 bridgehead atoms. The fraction of sp³-hybridized carbons (Fsp3) is 0.154. The zero-order chi connectivity index (χ0) is 17.2. The molecule has 0 saturated heterocycles. The summed E-state index contributed by atoms with van der Waals surface area (Å²) >= 11 is 0. The summed E-state index contributed by atoms with van der Waals surface area (Å²) in [7, 11) is -4.94. The van der Waals surface area contributed by atoms with Crippen molar-refractivity contribution < 1.29 is 33.6 Å². The number of halogens is 1. The van der Waals surface area contributed by atoms with Crippen LogP contribution in [0.1, 0.15) is 11.4 Å². The summed E-state index contributed by atoms with van der Waals surface area (Å²) in [5.74, 6) is 1.05. The fourth-order valence-corrected chi connectivity index (χ4v) is 2.15. The van der Waals surface area contributed by atoms with Gasteiger partial charge in [-0.15, -0.1) is 14.9 Å². The largest absolute Gasteiger partial charge is 0.416 e. The molecule has 9 nitrogen and oxygen atoms in total. The van der Waals surface area contributed by atoms with Gasteiger partial charge in [0.15, 0.2) is 0 Å². The van der Waals surface area contributed by atoms with Gasteiger partial charge in [-0.05, 0) is 37.0 Å². The van der Waals surface area contributed by atoms with Gasteiger partial charge in [-0.25, -0.2) is 18.6 Å². The minimum Gasteiger partial charge on any atom is -0.285 e. The first-order valence-electron chi connectivity index (χ1n) is 6.38. The summed E-state index contributed by atoms with van der Waals surface area (Å²) in [5, 5.41) is 0. The summed E-state index contributed by atoms with van der Waals surface area (Å²) in [6.45, 7) is 3.97. The second-order valence-corrected chi connectivity index (χ2v) is 5.40. The zero-order valence-electron chi connectivity index (χ0n) is 12.3. The average Bonchev–Trinajstić information content (AvgIpc) is 2.74.